The first-order valence-corrected chi connectivity index (χ1v) is 9.62. The Labute approximate surface area is 167 Å². The highest BCUT2D eigenvalue weighted by Crippen LogP contribution is 2.29. The van der Waals surface area contributed by atoms with Gasteiger partial charge in [-0.1, -0.05) is 48.6 Å². The number of thiocarbonyl (C=S) groups is 1. The lowest BCUT2D eigenvalue weighted by Crippen LogP contribution is -2.36. The van der Waals surface area contributed by atoms with E-state index in [0.29, 0.717) is 0 Å². The molecule has 0 aliphatic rings. The molecule has 0 spiro atoms. The maximum atomic E-state index is 5.76. The van der Waals surface area contributed by atoms with Crippen LogP contribution in [-0.2, 0) is 17.6 Å². The predicted octanol–water partition coefficient (Wildman–Crippen LogP) is 4.20. The number of nitrogens with one attached hydrogen (secondary N) is 1. The number of methoxy groups -OCH3 is 2. The number of rotatable bonds is 10. The summed E-state index contributed by atoms with van der Waals surface area (Å²) in [5, 5.41) is 3.32. The van der Waals surface area contributed by atoms with Gasteiger partial charge in [0.15, 0.2) is 11.5 Å². The van der Waals surface area contributed by atoms with Crippen molar-refractivity contribution in [2.24, 2.45) is 0 Å². The average molecular weight is 388 g/mol. The lowest BCUT2D eigenvalue weighted by molar-refractivity contribution is 0.155. The lowest BCUT2D eigenvalue weighted by Gasteiger charge is -2.18. The number of ether oxygens (including phenoxy) is 3. The van der Waals surface area contributed by atoms with Crippen LogP contribution >= 0.6 is 12.2 Å². The van der Waals surface area contributed by atoms with Crippen LogP contribution in [0.25, 0.3) is 0 Å². The average Bonchev–Trinajstić information content (AvgIpc) is 2.67. The first kappa shape index (κ1) is 21.2. The van der Waals surface area contributed by atoms with Crippen LogP contribution in [0.2, 0.25) is 0 Å². The van der Waals surface area contributed by atoms with E-state index in [1.807, 2.05) is 44.2 Å². The van der Waals surface area contributed by atoms with E-state index in [4.69, 9.17) is 26.4 Å². The van der Waals surface area contributed by atoms with Crippen molar-refractivity contribution in [3.05, 3.63) is 59.7 Å². The summed E-state index contributed by atoms with van der Waals surface area (Å²) in [6.45, 7) is 4.74. The van der Waals surface area contributed by atoms with Gasteiger partial charge in [-0.2, -0.15) is 0 Å². The van der Waals surface area contributed by atoms with Crippen LogP contribution in [0.4, 0.5) is 0 Å². The highest BCUT2D eigenvalue weighted by Gasteiger charge is 2.14. The fourth-order valence-electron chi connectivity index (χ4n) is 2.77. The molecular formula is C22H29NO3S. The molecule has 0 saturated heterocycles. The number of hydrogen-bond acceptors (Lipinski definition) is 4. The molecule has 2 aromatic rings. The van der Waals surface area contributed by atoms with E-state index in [2.05, 4.69) is 23.5 Å². The highest BCUT2D eigenvalue weighted by molar-refractivity contribution is 7.80. The molecular weight excluding hydrogens is 358 g/mol. The highest BCUT2D eigenvalue weighted by atomic mass is 32.1. The second-order valence-corrected chi connectivity index (χ2v) is 7.05. The van der Waals surface area contributed by atoms with Gasteiger partial charge in [-0.05, 0) is 43.5 Å². The molecule has 0 aliphatic heterocycles. The first-order chi connectivity index (χ1) is 13.0. The zero-order valence-electron chi connectivity index (χ0n) is 16.5. The summed E-state index contributed by atoms with van der Waals surface area (Å²) in [5.41, 5.74) is 2.37. The molecule has 0 amide bonds. The standard InChI is InChI=1S/C22H29NO3S/c1-16(2)26-19-11-10-18(14-20(19)24-3)12-13-23-22(27)21(25-4)15-17-8-6-5-7-9-17/h5-11,14,16,21H,12-13,15H2,1-4H3,(H,23,27)/t21-/m0/s1. The molecule has 1 N–H and O–H groups in total. The number of hydrogen-bond donors (Lipinski definition) is 1. The summed E-state index contributed by atoms with van der Waals surface area (Å²) in [4.78, 5) is 0.730. The Balaban J connectivity index is 1.88. The molecule has 146 valence electrons. The van der Waals surface area contributed by atoms with Gasteiger partial charge in [0, 0.05) is 20.1 Å². The Morgan fingerprint density at radius 2 is 1.74 bits per heavy atom. The third-order valence-corrected chi connectivity index (χ3v) is 4.55. The molecule has 2 aromatic carbocycles. The molecule has 0 unspecified atom stereocenters. The fourth-order valence-corrected chi connectivity index (χ4v) is 3.06. The Morgan fingerprint density at radius 3 is 2.37 bits per heavy atom. The summed E-state index contributed by atoms with van der Waals surface area (Å²) in [7, 11) is 3.35. The molecule has 27 heavy (non-hydrogen) atoms. The quantitative estimate of drug-likeness (QED) is 0.619. The van der Waals surface area contributed by atoms with Gasteiger partial charge in [0.25, 0.3) is 0 Å². The molecule has 2 rings (SSSR count). The minimum Gasteiger partial charge on any atom is -0.493 e. The van der Waals surface area contributed by atoms with E-state index < -0.39 is 0 Å². The molecule has 0 heterocycles. The van der Waals surface area contributed by atoms with Gasteiger partial charge in [-0.15, -0.1) is 0 Å². The van der Waals surface area contributed by atoms with E-state index in [1.165, 1.54) is 5.56 Å². The van der Waals surface area contributed by atoms with Crippen molar-refractivity contribution in [3.8, 4) is 11.5 Å². The van der Waals surface area contributed by atoms with Crippen molar-refractivity contribution in [2.45, 2.75) is 38.9 Å². The van der Waals surface area contributed by atoms with Crippen LogP contribution in [0.15, 0.2) is 48.5 Å². The maximum Gasteiger partial charge on any atom is 0.161 e. The molecule has 1 atom stereocenters. The van der Waals surface area contributed by atoms with Crippen LogP contribution in [-0.4, -0.2) is 38.0 Å². The van der Waals surface area contributed by atoms with E-state index in [-0.39, 0.29) is 12.2 Å². The van der Waals surface area contributed by atoms with Gasteiger partial charge >= 0.3 is 0 Å². The summed E-state index contributed by atoms with van der Waals surface area (Å²) in [5.74, 6) is 1.52. The minimum absolute atomic E-state index is 0.111. The molecule has 0 aliphatic carbocycles. The summed E-state index contributed by atoms with van der Waals surface area (Å²) < 4.78 is 16.8. The van der Waals surface area contributed by atoms with Crippen LogP contribution in [0, 0.1) is 0 Å². The minimum atomic E-state index is -0.126. The zero-order chi connectivity index (χ0) is 19.6. The van der Waals surface area contributed by atoms with Crippen molar-refractivity contribution < 1.29 is 14.2 Å². The Bertz CT molecular complexity index is 719. The second-order valence-electron chi connectivity index (χ2n) is 6.61. The SMILES string of the molecule is COc1cc(CCNC(=S)[C@H](Cc2ccccc2)OC)ccc1OC(C)C. The molecule has 0 bridgehead atoms. The largest absolute Gasteiger partial charge is 0.493 e. The van der Waals surface area contributed by atoms with Gasteiger partial charge in [0.2, 0.25) is 0 Å². The molecule has 0 fully saturated rings. The normalized spacial score (nSPS) is 11.9. The summed E-state index contributed by atoms with van der Waals surface area (Å²) >= 11 is 5.53. The maximum absolute atomic E-state index is 5.76. The van der Waals surface area contributed by atoms with Crippen molar-refractivity contribution in [1.82, 2.24) is 5.32 Å². The van der Waals surface area contributed by atoms with Crippen LogP contribution < -0.4 is 14.8 Å². The van der Waals surface area contributed by atoms with Crippen molar-refractivity contribution in [2.75, 3.05) is 20.8 Å². The van der Waals surface area contributed by atoms with E-state index in [1.54, 1.807) is 14.2 Å². The monoisotopic (exact) mass is 387 g/mol. The molecule has 0 saturated carbocycles. The lowest BCUT2D eigenvalue weighted by atomic mass is 10.1. The summed E-state index contributed by atoms with van der Waals surface area (Å²) in [6, 6.07) is 16.3. The Kier molecular flexibility index (Phi) is 8.55. The van der Waals surface area contributed by atoms with E-state index >= 15 is 0 Å². The molecule has 0 aromatic heterocycles. The smallest absolute Gasteiger partial charge is 0.161 e. The van der Waals surface area contributed by atoms with Crippen molar-refractivity contribution in [3.63, 3.8) is 0 Å². The molecule has 0 radical (unpaired) electrons. The number of benzene rings is 2. The first-order valence-electron chi connectivity index (χ1n) is 9.21. The zero-order valence-corrected chi connectivity index (χ0v) is 17.3. The van der Waals surface area contributed by atoms with Crippen molar-refractivity contribution in [1.29, 1.82) is 0 Å². The Hall–Kier alpha value is -2.11. The second kappa shape index (κ2) is 10.9. The van der Waals surface area contributed by atoms with Gasteiger partial charge in [0.1, 0.15) is 11.1 Å². The fraction of sp³-hybridized carbons (Fsp3) is 0.409. The summed E-state index contributed by atoms with van der Waals surface area (Å²) in [6.07, 6.45) is 1.58. The third-order valence-electron chi connectivity index (χ3n) is 4.14. The van der Waals surface area contributed by atoms with Crippen LogP contribution in [0.3, 0.4) is 0 Å². The van der Waals surface area contributed by atoms with Gasteiger partial charge in [0.05, 0.1) is 13.2 Å². The Morgan fingerprint density at radius 1 is 1.00 bits per heavy atom. The topological polar surface area (TPSA) is 39.7 Å². The van der Waals surface area contributed by atoms with Crippen molar-refractivity contribution >= 4 is 17.2 Å². The van der Waals surface area contributed by atoms with Crippen LogP contribution in [0.5, 0.6) is 11.5 Å². The van der Waals surface area contributed by atoms with Gasteiger partial charge in [-0.25, -0.2) is 0 Å². The third kappa shape index (κ3) is 6.85. The predicted molar refractivity (Wildman–Crippen MR) is 114 cm³/mol. The van der Waals surface area contributed by atoms with Gasteiger partial charge < -0.3 is 19.5 Å². The molecule has 4 nitrogen and oxygen atoms in total. The van der Waals surface area contributed by atoms with Gasteiger partial charge in [-0.3, -0.25) is 0 Å². The molecule has 5 heteroatoms. The van der Waals surface area contributed by atoms with E-state index in [9.17, 15) is 0 Å². The van der Waals surface area contributed by atoms with E-state index in [0.717, 1.165) is 41.4 Å². The van der Waals surface area contributed by atoms with Crippen LogP contribution in [0.1, 0.15) is 25.0 Å².